The molecule has 30 heavy (non-hydrogen) atoms. The van der Waals surface area contributed by atoms with Crippen molar-refractivity contribution in [3.05, 3.63) is 40.0 Å². The molecule has 2 aliphatic rings. The van der Waals surface area contributed by atoms with Crippen molar-refractivity contribution in [1.82, 2.24) is 9.80 Å². The molecular weight excluding hydrogens is 392 g/mol. The molecular formula is C20H26N4O6. The van der Waals surface area contributed by atoms with E-state index in [1.165, 1.54) is 25.3 Å². The number of hydrogen-bond acceptors (Lipinski definition) is 8. The fourth-order valence-corrected chi connectivity index (χ4v) is 3.54. The third-order valence-electron chi connectivity index (χ3n) is 5.24. The van der Waals surface area contributed by atoms with Crippen molar-refractivity contribution in [3.63, 3.8) is 0 Å². The van der Waals surface area contributed by atoms with Crippen LogP contribution in [0.3, 0.4) is 0 Å². The van der Waals surface area contributed by atoms with Crippen LogP contribution in [0.4, 0.5) is 11.4 Å². The van der Waals surface area contributed by atoms with E-state index in [0.717, 1.165) is 13.1 Å². The number of esters is 1. The average molecular weight is 418 g/mol. The summed E-state index contributed by atoms with van der Waals surface area (Å²) >= 11 is 0. The molecule has 2 saturated heterocycles. The van der Waals surface area contributed by atoms with Crippen molar-refractivity contribution >= 4 is 29.3 Å². The van der Waals surface area contributed by atoms with Crippen LogP contribution in [-0.4, -0.2) is 92.7 Å². The fourth-order valence-electron chi connectivity index (χ4n) is 3.54. The number of amides is 1. The number of nitro benzene ring substituents is 1. The highest BCUT2D eigenvalue weighted by Crippen LogP contribution is 2.30. The number of nitrogens with zero attached hydrogens (tertiary/aromatic N) is 4. The van der Waals surface area contributed by atoms with Crippen LogP contribution in [-0.2, 0) is 19.1 Å². The summed E-state index contributed by atoms with van der Waals surface area (Å²) in [6.07, 6.45) is 2.70. The number of nitro groups is 1. The summed E-state index contributed by atoms with van der Waals surface area (Å²) in [5, 5.41) is 11.6. The third-order valence-corrected chi connectivity index (χ3v) is 5.24. The van der Waals surface area contributed by atoms with Gasteiger partial charge in [-0.2, -0.15) is 0 Å². The number of hydrogen-bond donors (Lipinski definition) is 0. The summed E-state index contributed by atoms with van der Waals surface area (Å²) in [6.45, 7) is 5.27. The lowest BCUT2D eigenvalue weighted by Gasteiger charge is -2.37. The summed E-state index contributed by atoms with van der Waals surface area (Å²) in [7, 11) is 1.27. The van der Waals surface area contributed by atoms with Crippen molar-refractivity contribution in [2.24, 2.45) is 0 Å². The van der Waals surface area contributed by atoms with Crippen LogP contribution in [0.5, 0.6) is 0 Å². The zero-order chi connectivity index (χ0) is 21.5. The van der Waals surface area contributed by atoms with Gasteiger partial charge in [-0.05, 0) is 17.7 Å². The van der Waals surface area contributed by atoms with Gasteiger partial charge in [0.25, 0.3) is 5.69 Å². The first-order valence-corrected chi connectivity index (χ1v) is 9.85. The largest absolute Gasteiger partial charge is 0.466 e. The van der Waals surface area contributed by atoms with Gasteiger partial charge < -0.3 is 19.3 Å². The highest BCUT2D eigenvalue weighted by molar-refractivity contribution is 5.87. The minimum Gasteiger partial charge on any atom is -0.466 e. The Hall–Kier alpha value is -2.98. The van der Waals surface area contributed by atoms with Crippen molar-refractivity contribution in [1.29, 1.82) is 0 Å². The van der Waals surface area contributed by atoms with Gasteiger partial charge >= 0.3 is 5.97 Å². The van der Waals surface area contributed by atoms with Gasteiger partial charge in [-0.3, -0.25) is 19.8 Å². The molecule has 0 aliphatic carbocycles. The van der Waals surface area contributed by atoms with E-state index >= 15 is 0 Å². The van der Waals surface area contributed by atoms with Gasteiger partial charge in [0.1, 0.15) is 5.69 Å². The molecule has 10 nitrogen and oxygen atoms in total. The highest BCUT2D eigenvalue weighted by atomic mass is 16.6. The lowest BCUT2D eigenvalue weighted by Crippen LogP contribution is -2.52. The Balaban J connectivity index is 1.62. The minimum atomic E-state index is -0.528. The van der Waals surface area contributed by atoms with E-state index in [2.05, 4.69) is 9.64 Å². The molecule has 1 aromatic rings. The fraction of sp³-hybridized carbons (Fsp3) is 0.500. The predicted molar refractivity (Wildman–Crippen MR) is 110 cm³/mol. The van der Waals surface area contributed by atoms with E-state index in [1.54, 1.807) is 12.1 Å². The molecule has 0 unspecified atom stereocenters. The lowest BCUT2D eigenvalue weighted by atomic mass is 10.1. The molecule has 0 atom stereocenters. The number of methoxy groups -OCH3 is 1. The summed E-state index contributed by atoms with van der Waals surface area (Å²) in [6, 6.07) is 4.84. The molecule has 3 rings (SSSR count). The Labute approximate surface area is 174 Å². The molecule has 2 heterocycles. The van der Waals surface area contributed by atoms with Crippen molar-refractivity contribution in [2.45, 2.75) is 0 Å². The summed E-state index contributed by atoms with van der Waals surface area (Å²) in [5.74, 6) is -0.450. The summed E-state index contributed by atoms with van der Waals surface area (Å²) in [5.41, 5.74) is 1.01. The lowest BCUT2D eigenvalue weighted by molar-refractivity contribution is -0.384. The van der Waals surface area contributed by atoms with Crippen LogP contribution in [0.25, 0.3) is 6.08 Å². The SMILES string of the molecule is COC(=O)/C=C/c1ccc(N2CCN(C(=O)CN3CCOCC3)CC2)c([N+](=O)[O-])c1. The molecule has 1 amide bonds. The molecule has 2 aliphatic heterocycles. The average Bonchev–Trinajstić information content (AvgIpc) is 2.78. The Morgan fingerprint density at radius 3 is 2.50 bits per heavy atom. The maximum Gasteiger partial charge on any atom is 0.330 e. The maximum atomic E-state index is 12.6. The minimum absolute atomic E-state index is 0.0323. The Bertz CT molecular complexity index is 814. The number of benzene rings is 1. The quantitative estimate of drug-likeness (QED) is 0.289. The molecule has 0 aromatic heterocycles. The topological polar surface area (TPSA) is 105 Å². The molecule has 0 bridgehead atoms. The number of piperazine rings is 1. The van der Waals surface area contributed by atoms with Crippen LogP contribution in [0.15, 0.2) is 24.3 Å². The van der Waals surface area contributed by atoms with E-state index < -0.39 is 10.9 Å². The normalized spacial score (nSPS) is 17.9. The first-order chi connectivity index (χ1) is 14.5. The van der Waals surface area contributed by atoms with Crippen molar-refractivity contribution < 1.29 is 24.0 Å². The summed E-state index contributed by atoms with van der Waals surface area (Å²) < 4.78 is 9.84. The molecule has 0 radical (unpaired) electrons. The number of carbonyl (C=O) groups excluding carboxylic acids is 2. The van der Waals surface area contributed by atoms with Gasteiger partial charge in [0.05, 0.1) is 31.8 Å². The Morgan fingerprint density at radius 1 is 1.17 bits per heavy atom. The highest BCUT2D eigenvalue weighted by Gasteiger charge is 2.27. The van der Waals surface area contributed by atoms with E-state index in [4.69, 9.17) is 4.74 Å². The van der Waals surface area contributed by atoms with E-state index in [1.807, 2.05) is 9.80 Å². The molecule has 162 valence electrons. The van der Waals surface area contributed by atoms with Gasteiger partial charge in [0, 0.05) is 51.4 Å². The monoisotopic (exact) mass is 418 g/mol. The van der Waals surface area contributed by atoms with Crippen LogP contribution in [0.1, 0.15) is 5.56 Å². The van der Waals surface area contributed by atoms with E-state index in [9.17, 15) is 19.7 Å². The molecule has 0 saturated carbocycles. The van der Waals surface area contributed by atoms with Crippen LogP contribution in [0, 0.1) is 10.1 Å². The molecule has 10 heteroatoms. The van der Waals surface area contributed by atoms with Crippen molar-refractivity contribution in [3.8, 4) is 0 Å². The first-order valence-electron chi connectivity index (χ1n) is 9.85. The number of anilines is 1. The number of morpholine rings is 1. The maximum absolute atomic E-state index is 12.6. The Morgan fingerprint density at radius 2 is 1.87 bits per heavy atom. The number of carbonyl (C=O) groups is 2. The molecule has 0 N–H and O–H groups in total. The van der Waals surface area contributed by atoms with Crippen LogP contribution < -0.4 is 4.90 Å². The second-order valence-corrected chi connectivity index (χ2v) is 7.12. The predicted octanol–water partition coefficient (Wildman–Crippen LogP) is 0.762. The second kappa shape index (κ2) is 10.2. The third kappa shape index (κ3) is 5.55. The zero-order valence-electron chi connectivity index (χ0n) is 17.0. The van der Waals surface area contributed by atoms with Crippen molar-refractivity contribution in [2.75, 3.05) is 71.0 Å². The second-order valence-electron chi connectivity index (χ2n) is 7.12. The van der Waals surface area contributed by atoms with E-state index in [0.29, 0.717) is 57.2 Å². The van der Waals surface area contributed by atoms with Gasteiger partial charge in [0.2, 0.25) is 5.91 Å². The van der Waals surface area contributed by atoms with Gasteiger partial charge in [-0.1, -0.05) is 6.07 Å². The Kier molecular flexibility index (Phi) is 7.36. The van der Waals surface area contributed by atoms with Gasteiger partial charge in [0.15, 0.2) is 0 Å². The van der Waals surface area contributed by atoms with Gasteiger partial charge in [-0.15, -0.1) is 0 Å². The van der Waals surface area contributed by atoms with Crippen LogP contribution in [0.2, 0.25) is 0 Å². The van der Waals surface area contributed by atoms with Gasteiger partial charge in [-0.25, -0.2) is 4.79 Å². The number of ether oxygens (including phenoxy) is 2. The number of rotatable bonds is 6. The molecule has 1 aromatic carbocycles. The first kappa shape index (κ1) is 21.7. The van der Waals surface area contributed by atoms with E-state index in [-0.39, 0.29) is 11.6 Å². The standard InChI is InChI=1S/C20H26N4O6/c1-29-20(26)5-3-16-2-4-17(18(14-16)24(27)28)22-6-8-23(9-7-22)19(25)15-21-10-12-30-13-11-21/h2-5,14H,6-13,15H2,1H3/b5-3+. The van der Waals surface area contributed by atoms with Crippen LogP contribution >= 0.6 is 0 Å². The molecule has 0 spiro atoms. The zero-order valence-corrected chi connectivity index (χ0v) is 17.0. The summed E-state index contributed by atoms with van der Waals surface area (Å²) in [4.78, 5) is 40.8. The smallest absolute Gasteiger partial charge is 0.330 e. The molecule has 2 fully saturated rings.